The van der Waals surface area contributed by atoms with Crippen LogP contribution >= 0.6 is 0 Å². The zero-order valence-electron chi connectivity index (χ0n) is 20.4. The van der Waals surface area contributed by atoms with Gasteiger partial charge in [0.1, 0.15) is 0 Å². The number of benzene rings is 2. The molecule has 4 aromatic rings. The van der Waals surface area contributed by atoms with Crippen LogP contribution in [-0.2, 0) is 10.8 Å². The largest absolute Gasteiger partial charge is 0.211 e. The highest BCUT2D eigenvalue weighted by molar-refractivity contribution is 5.62. The van der Waals surface area contributed by atoms with Gasteiger partial charge in [-0.15, -0.1) is 0 Å². The summed E-state index contributed by atoms with van der Waals surface area (Å²) in [5.74, 6) is -0.246. The van der Waals surface area contributed by atoms with E-state index in [0.29, 0.717) is 5.56 Å². The van der Waals surface area contributed by atoms with Crippen molar-refractivity contribution in [3.63, 3.8) is 0 Å². The molecule has 0 N–H and O–H groups in total. The van der Waals surface area contributed by atoms with E-state index in [0.717, 1.165) is 16.9 Å². The Kier molecular flexibility index (Phi) is 5.92. The van der Waals surface area contributed by atoms with Crippen LogP contribution in [-0.4, -0.2) is 0 Å². The molecule has 33 heavy (non-hydrogen) atoms. The highest BCUT2D eigenvalue weighted by Gasteiger charge is 2.18. The second-order valence-corrected chi connectivity index (χ2v) is 10.7. The second kappa shape index (κ2) is 8.55. The average molecular weight is 441 g/mol. The van der Waals surface area contributed by atoms with Crippen LogP contribution in [0.25, 0.3) is 22.5 Å². The molecule has 4 rings (SSSR count). The Labute approximate surface area is 197 Å². The normalized spacial score (nSPS) is 12.1. The van der Waals surface area contributed by atoms with Crippen molar-refractivity contribution in [3.8, 4) is 22.5 Å². The molecule has 0 saturated carbocycles. The molecular weight excluding hydrogens is 407 g/mol. The van der Waals surface area contributed by atoms with Gasteiger partial charge in [0.25, 0.3) is 0 Å². The minimum Gasteiger partial charge on any atom is -0.200 e. The molecule has 2 aromatic heterocycles. The average Bonchev–Trinajstić information content (AvgIpc) is 2.78. The third-order valence-electron chi connectivity index (χ3n) is 6.11. The molecule has 0 aliphatic heterocycles. The van der Waals surface area contributed by atoms with Crippen LogP contribution in [0.3, 0.4) is 0 Å². The highest BCUT2D eigenvalue weighted by Crippen LogP contribution is 2.24. The fourth-order valence-electron chi connectivity index (χ4n) is 3.91. The summed E-state index contributed by atoms with van der Waals surface area (Å²) >= 11 is 0. The molecule has 0 fully saturated rings. The van der Waals surface area contributed by atoms with E-state index in [4.69, 9.17) is 0 Å². The molecule has 2 nitrogen and oxygen atoms in total. The Hall–Kier alpha value is -3.33. The van der Waals surface area contributed by atoms with Crippen LogP contribution in [0.5, 0.6) is 0 Å². The number of hydrogen-bond acceptors (Lipinski definition) is 0. The van der Waals surface area contributed by atoms with Crippen molar-refractivity contribution in [2.24, 2.45) is 0 Å². The highest BCUT2D eigenvalue weighted by atomic mass is 19.1. The standard InChI is InChI=1S/C30H33FN2/c1-29(2,3)23-7-11-25(12-8-23)32-18-15-22(16-19-32)27-17-20-33(21-28(27)31)26-13-9-24(10-14-26)30(4,5)6/h7-21H,1-6H3/q+2. The van der Waals surface area contributed by atoms with Crippen LogP contribution in [0.4, 0.5) is 4.39 Å². The molecule has 2 aromatic carbocycles. The topological polar surface area (TPSA) is 7.76 Å². The molecule has 3 heteroatoms. The Morgan fingerprint density at radius 3 is 1.39 bits per heavy atom. The summed E-state index contributed by atoms with van der Waals surface area (Å²) in [7, 11) is 0. The first kappa shape index (κ1) is 22.8. The van der Waals surface area contributed by atoms with Gasteiger partial charge in [0.15, 0.2) is 24.4 Å². The summed E-state index contributed by atoms with van der Waals surface area (Å²) in [5.41, 5.74) is 6.25. The monoisotopic (exact) mass is 440 g/mol. The number of nitrogens with zero attached hydrogens (tertiary/aromatic N) is 2. The van der Waals surface area contributed by atoms with Crippen molar-refractivity contribution in [3.05, 3.63) is 108 Å². The molecule has 0 saturated heterocycles. The molecule has 0 bridgehead atoms. The molecule has 0 unspecified atom stereocenters. The first-order valence-corrected chi connectivity index (χ1v) is 11.5. The van der Waals surface area contributed by atoms with Crippen molar-refractivity contribution in [2.75, 3.05) is 0 Å². The number of aromatic nitrogens is 2. The fraction of sp³-hybridized carbons (Fsp3) is 0.267. The number of rotatable bonds is 3. The third-order valence-corrected chi connectivity index (χ3v) is 6.11. The van der Waals surface area contributed by atoms with Gasteiger partial charge in [0, 0.05) is 48.0 Å². The Morgan fingerprint density at radius 2 is 0.970 bits per heavy atom. The van der Waals surface area contributed by atoms with Crippen molar-refractivity contribution in [2.45, 2.75) is 52.4 Å². The van der Waals surface area contributed by atoms with Gasteiger partial charge < -0.3 is 0 Å². The molecule has 0 atom stereocenters. The van der Waals surface area contributed by atoms with E-state index in [9.17, 15) is 0 Å². The van der Waals surface area contributed by atoms with Crippen LogP contribution in [0, 0.1) is 5.82 Å². The van der Waals surface area contributed by atoms with Gasteiger partial charge in [-0.2, -0.15) is 13.5 Å². The molecule has 0 aliphatic rings. The van der Waals surface area contributed by atoms with E-state index in [-0.39, 0.29) is 16.6 Å². The summed E-state index contributed by atoms with van der Waals surface area (Å²) in [5, 5.41) is 0. The van der Waals surface area contributed by atoms with E-state index in [2.05, 4.69) is 77.9 Å². The van der Waals surface area contributed by atoms with Crippen LogP contribution in [0.2, 0.25) is 0 Å². The van der Waals surface area contributed by atoms with Gasteiger partial charge in [0.05, 0.1) is 0 Å². The summed E-state index contributed by atoms with van der Waals surface area (Å²) < 4.78 is 18.9. The van der Waals surface area contributed by atoms with Crippen molar-refractivity contribution >= 4 is 0 Å². The van der Waals surface area contributed by atoms with Gasteiger partial charge in [-0.3, -0.25) is 0 Å². The molecule has 0 amide bonds. The molecule has 0 radical (unpaired) electrons. The third kappa shape index (κ3) is 5.03. The van der Waals surface area contributed by atoms with Crippen LogP contribution < -0.4 is 9.13 Å². The lowest BCUT2D eigenvalue weighted by molar-refractivity contribution is -0.597. The maximum absolute atomic E-state index is 15.0. The van der Waals surface area contributed by atoms with Crippen molar-refractivity contribution in [1.82, 2.24) is 0 Å². The summed E-state index contributed by atoms with van der Waals surface area (Å²) in [6.45, 7) is 13.2. The Bertz CT molecular complexity index is 1240. The molecule has 0 aliphatic carbocycles. The minimum atomic E-state index is -0.246. The predicted molar refractivity (Wildman–Crippen MR) is 132 cm³/mol. The van der Waals surface area contributed by atoms with Gasteiger partial charge in [-0.05, 0) is 27.5 Å². The zero-order valence-corrected chi connectivity index (χ0v) is 20.4. The summed E-state index contributed by atoms with van der Waals surface area (Å²) in [6, 6.07) is 22.6. The molecule has 2 heterocycles. The maximum atomic E-state index is 15.0. The lowest BCUT2D eigenvalue weighted by Gasteiger charge is -2.18. The second-order valence-electron chi connectivity index (χ2n) is 10.7. The quantitative estimate of drug-likeness (QED) is 0.316. The lowest BCUT2D eigenvalue weighted by atomic mass is 9.87. The zero-order chi connectivity index (χ0) is 23.8. The van der Waals surface area contributed by atoms with Crippen LogP contribution in [0.15, 0.2) is 91.5 Å². The van der Waals surface area contributed by atoms with E-state index in [1.807, 2.05) is 58.1 Å². The fourth-order valence-corrected chi connectivity index (χ4v) is 3.91. The van der Waals surface area contributed by atoms with Gasteiger partial charge >= 0.3 is 0 Å². The summed E-state index contributed by atoms with van der Waals surface area (Å²) in [4.78, 5) is 0. The lowest BCUT2D eigenvalue weighted by Crippen LogP contribution is -2.31. The van der Waals surface area contributed by atoms with Gasteiger partial charge in [0.2, 0.25) is 17.6 Å². The maximum Gasteiger partial charge on any atom is 0.211 e. The van der Waals surface area contributed by atoms with E-state index in [1.54, 1.807) is 6.20 Å². The van der Waals surface area contributed by atoms with Crippen LogP contribution in [0.1, 0.15) is 52.7 Å². The first-order valence-electron chi connectivity index (χ1n) is 11.5. The SMILES string of the molecule is CC(C)(C)c1ccc(-[n+]2ccc(-c3cc[n+](-c4ccc(C(C)(C)C)cc4)cc3F)cc2)cc1. The van der Waals surface area contributed by atoms with Gasteiger partial charge in [-0.25, -0.2) is 0 Å². The number of hydrogen-bond donors (Lipinski definition) is 0. The first-order chi connectivity index (χ1) is 15.5. The van der Waals surface area contributed by atoms with Gasteiger partial charge in [-0.1, -0.05) is 65.8 Å². The van der Waals surface area contributed by atoms with Crippen molar-refractivity contribution < 1.29 is 13.5 Å². The predicted octanol–water partition coefficient (Wildman–Crippen LogP) is 6.64. The number of halogens is 1. The van der Waals surface area contributed by atoms with E-state index in [1.165, 1.54) is 11.1 Å². The minimum absolute atomic E-state index is 0.0944. The van der Waals surface area contributed by atoms with E-state index >= 15 is 4.39 Å². The summed E-state index contributed by atoms with van der Waals surface area (Å²) in [6.07, 6.45) is 7.42. The smallest absolute Gasteiger partial charge is 0.200 e. The molecule has 0 spiro atoms. The van der Waals surface area contributed by atoms with Crippen molar-refractivity contribution in [1.29, 1.82) is 0 Å². The Morgan fingerprint density at radius 1 is 0.545 bits per heavy atom. The molecule has 168 valence electrons. The molecular formula is C30H33FN2+2. The van der Waals surface area contributed by atoms with E-state index < -0.39 is 0 Å². The Balaban J connectivity index is 1.56. The number of pyridine rings is 2.